The van der Waals surface area contributed by atoms with Crippen LogP contribution in [0.15, 0.2) is 93.9 Å². The molecule has 0 aliphatic carbocycles. The van der Waals surface area contributed by atoms with Crippen LogP contribution in [0, 0.1) is 11.3 Å². The smallest absolute Gasteiger partial charge is 0.349 e. The minimum absolute atomic E-state index is 0.0509. The van der Waals surface area contributed by atoms with Gasteiger partial charge < -0.3 is 18.9 Å². The standard InChI is InChI=1S/C19H19N3O3.C9H9NS/c1-21-14-15-5-7-18(8-6-15)24-10-11-25-19(23)16(13-20)12-17-4-3-9-22(17)2;1-7-10(2)8-5-3-4-6-9(8)11-7/h3-9,12,14H,10-11H2,1-2H3;3-6H,1H2,2H3/b16-12+,21-14?;. The van der Waals surface area contributed by atoms with Gasteiger partial charge in [0.2, 0.25) is 0 Å². The highest BCUT2D eigenvalue weighted by molar-refractivity contribution is 8.03. The summed E-state index contributed by atoms with van der Waals surface area (Å²) in [5.41, 5.74) is 2.94. The first-order valence-electron chi connectivity index (χ1n) is 11.2. The zero-order chi connectivity index (χ0) is 25.9. The molecular formula is C28H28N4O3S. The number of aromatic nitrogens is 1. The van der Waals surface area contributed by atoms with E-state index in [0.29, 0.717) is 5.75 Å². The van der Waals surface area contributed by atoms with Crippen LogP contribution in [0.2, 0.25) is 0 Å². The van der Waals surface area contributed by atoms with Crippen LogP contribution >= 0.6 is 11.8 Å². The predicted octanol–water partition coefficient (Wildman–Crippen LogP) is 5.30. The van der Waals surface area contributed by atoms with E-state index in [1.165, 1.54) is 16.7 Å². The number of thioether (sulfide) groups is 1. The van der Waals surface area contributed by atoms with Gasteiger partial charge in [-0.3, -0.25) is 4.99 Å². The number of aryl methyl sites for hydroxylation is 1. The number of ether oxygens (including phenoxy) is 2. The van der Waals surface area contributed by atoms with Crippen LogP contribution in [-0.4, -0.2) is 44.1 Å². The molecule has 36 heavy (non-hydrogen) atoms. The molecular weight excluding hydrogens is 472 g/mol. The summed E-state index contributed by atoms with van der Waals surface area (Å²) in [6, 6.07) is 21.2. The summed E-state index contributed by atoms with van der Waals surface area (Å²) in [7, 11) is 5.58. The maximum Gasteiger partial charge on any atom is 0.349 e. The summed E-state index contributed by atoms with van der Waals surface area (Å²) in [4.78, 5) is 19.3. The number of hydrogen-bond donors (Lipinski definition) is 0. The van der Waals surface area contributed by atoms with Gasteiger partial charge in [0.05, 0.1) is 10.7 Å². The number of esters is 1. The van der Waals surface area contributed by atoms with Crippen molar-refractivity contribution < 1.29 is 14.3 Å². The lowest BCUT2D eigenvalue weighted by atomic mass is 10.2. The molecule has 1 aromatic heterocycles. The fourth-order valence-electron chi connectivity index (χ4n) is 3.23. The summed E-state index contributed by atoms with van der Waals surface area (Å²) in [6.07, 6.45) is 5.07. The number of para-hydroxylation sites is 1. The van der Waals surface area contributed by atoms with Gasteiger partial charge in [-0.1, -0.05) is 30.5 Å². The summed E-state index contributed by atoms with van der Waals surface area (Å²) >= 11 is 1.73. The number of aliphatic imine (C=N–C) groups is 1. The van der Waals surface area contributed by atoms with E-state index in [9.17, 15) is 4.79 Å². The molecule has 8 heteroatoms. The van der Waals surface area contributed by atoms with Crippen molar-refractivity contribution in [1.29, 1.82) is 5.26 Å². The Balaban J connectivity index is 0.000000270. The lowest BCUT2D eigenvalue weighted by Gasteiger charge is -2.10. The molecule has 0 fully saturated rings. The van der Waals surface area contributed by atoms with Gasteiger partial charge in [0.15, 0.2) is 0 Å². The van der Waals surface area contributed by atoms with Gasteiger partial charge in [-0.05, 0) is 60.2 Å². The van der Waals surface area contributed by atoms with Crippen LogP contribution in [0.1, 0.15) is 11.3 Å². The van der Waals surface area contributed by atoms with E-state index in [4.69, 9.17) is 14.7 Å². The number of anilines is 1. The van der Waals surface area contributed by atoms with Crippen LogP contribution in [0.25, 0.3) is 6.08 Å². The van der Waals surface area contributed by atoms with Crippen LogP contribution in [0.4, 0.5) is 5.69 Å². The summed E-state index contributed by atoms with van der Waals surface area (Å²) in [5.74, 6) is 0.00552. The van der Waals surface area contributed by atoms with Crippen molar-refractivity contribution in [2.24, 2.45) is 12.0 Å². The molecule has 3 aromatic rings. The Kier molecular flexibility index (Phi) is 9.55. The first-order chi connectivity index (χ1) is 17.4. The average Bonchev–Trinajstić information content (AvgIpc) is 3.43. The average molecular weight is 501 g/mol. The van der Waals surface area contributed by atoms with E-state index in [1.807, 2.05) is 56.7 Å². The van der Waals surface area contributed by atoms with Gasteiger partial charge in [-0.2, -0.15) is 5.26 Å². The van der Waals surface area contributed by atoms with Gasteiger partial charge >= 0.3 is 5.97 Å². The van der Waals surface area contributed by atoms with Crippen LogP contribution in [-0.2, 0) is 16.6 Å². The van der Waals surface area contributed by atoms with E-state index in [-0.39, 0.29) is 18.8 Å². The van der Waals surface area contributed by atoms with Crippen molar-refractivity contribution in [3.05, 3.63) is 95.3 Å². The zero-order valence-electron chi connectivity index (χ0n) is 20.5. The van der Waals surface area contributed by atoms with Gasteiger partial charge in [0, 0.05) is 44.1 Å². The molecule has 0 radical (unpaired) electrons. The second-order valence-corrected chi connectivity index (χ2v) is 8.79. The topological polar surface area (TPSA) is 79.8 Å². The van der Waals surface area contributed by atoms with E-state index in [2.05, 4.69) is 40.7 Å². The number of benzene rings is 2. The molecule has 184 valence electrons. The van der Waals surface area contributed by atoms with Crippen molar-refractivity contribution in [1.82, 2.24) is 4.57 Å². The Morgan fingerprint density at radius 1 is 1.11 bits per heavy atom. The van der Waals surface area contributed by atoms with Crippen molar-refractivity contribution in [2.45, 2.75) is 4.90 Å². The van der Waals surface area contributed by atoms with E-state index in [0.717, 1.165) is 16.3 Å². The van der Waals surface area contributed by atoms with Crippen LogP contribution in [0.5, 0.6) is 5.75 Å². The fraction of sp³-hybridized carbons (Fsp3) is 0.179. The summed E-state index contributed by atoms with van der Waals surface area (Å²) in [6.45, 7) is 4.20. The van der Waals surface area contributed by atoms with Crippen molar-refractivity contribution in [2.75, 3.05) is 32.2 Å². The van der Waals surface area contributed by atoms with E-state index < -0.39 is 5.97 Å². The second-order valence-electron chi connectivity index (χ2n) is 7.68. The molecule has 0 saturated heterocycles. The van der Waals surface area contributed by atoms with E-state index >= 15 is 0 Å². The maximum atomic E-state index is 11.9. The second kappa shape index (κ2) is 13.0. The van der Waals surface area contributed by atoms with Crippen LogP contribution in [0.3, 0.4) is 0 Å². The molecule has 1 aliphatic heterocycles. The molecule has 4 rings (SSSR count). The molecule has 0 unspecified atom stereocenters. The Morgan fingerprint density at radius 2 is 1.86 bits per heavy atom. The highest BCUT2D eigenvalue weighted by atomic mass is 32.2. The molecule has 7 nitrogen and oxygen atoms in total. The van der Waals surface area contributed by atoms with Gasteiger partial charge in [-0.25, -0.2) is 4.79 Å². The number of nitriles is 1. The Labute approximate surface area is 216 Å². The summed E-state index contributed by atoms with van der Waals surface area (Å²) < 4.78 is 12.4. The minimum Gasteiger partial charge on any atom is -0.490 e. The Bertz CT molecular complexity index is 1300. The lowest BCUT2D eigenvalue weighted by molar-refractivity contribution is -0.139. The summed E-state index contributed by atoms with van der Waals surface area (Å²) in [5, 5.41) is 10.2. The molecule has 0 amide bonds. The molecule has 0 spiro atoms. The number of carbonyl (C=O) groups excluding carboxylic acids is 1. The normalized spacial score (nSPS) is 12.6. The molecule has 0 atom stereocenters. The minimum atomic E-state index is -0.665. The van der Waals surface area contributed by atoms with Crippen molar-refractivity contribution >= 4 is 35.7 Å². The van der Waals surface area contributed by atoms with Gasteiger partial charge in [0.25, 0.3) is 0 Å². The quantitative estimate of drug-likeness (QED) is 0.144. The molecule has 0 saturated carbocycles. The largest absolute Gasteiger partial charge is 0.490 e. The first kappa shape index (κ1) is 26.4. The molecule has 1 aliphatic rings. The molecule has 0 bridgehead atoms. The van der Waals surface area contributed by atoms with Crippen molar-refractivity contribution in [3.63, 3.8) is 0 Å². The zero-order valence-corrected chi connectivity index (χ0v) is 21.4. The SMILES string of the molecule is C=C1Sc2ccccc2N1C.CN=Cc1ccc(OCCOC(=O)/C(C#N)=C/c2cccn2C)cc1. The van der Waals surface area contributed by atoms with Gasteiger partial charge in [-0.15, -0.1) is 0 Å². The number of rotatable bonds is 7. The van der Waals surface area contributed by atoms with Crippen molar-refractivity contribution in [3.8, 4) is 11.8 Å². The number of nitrogens with zero attached hydrogens (tertiary/aromatic N) is 4. The number of carbonyl (C=O) groups is 1. The Hall–Kier alpha value is -4.22. The number of hydrogen-bond acceptors (Lipinski definition) is 7. The molecule has 0 N–H and O–H groups in total. The highest BCUT2D eigenvalue weighted by Crippen LogP contribution is 2.43. The third-order valence-electron chi connectivity index (χ3n) is 5.19. The third kappa shape index (κ3) is 7.14. The molecule has 2 heterocycles. The third-order valence-corrected chi connectivity index (χ3v) is 6.26. The predicted molar refractivity (Wildman–Crippen MR) is 145 cm³/mol. The molecule has 2 aromatic carbocycles. The number of fused-ring (bicyclic) bond motifs is 1. The first-order valence-corrected chi connectivity index (χ1v) is 12.0. The lowest BCUT2D eigenvalue weighted by Crippen LogP contribution is -2.13. The van der Waals surface area contributed by atoms with Gasteiger partial charge in [0.1, 0.15) is 30.6 Å². The fourth-order valence-corrected chi connectivity index (χ4v) is 4.18. The van der Waals surface area contributed by atoms with Crippen LogP contribution < -0.4 is 9.64 Å². The van der Waals surface area contributed by atoms with E-state index in [1.54, 1.807) is 35.7 Å². The Morgan fingerprint density at radius 3 is 2.50 bits per heavy atom. The maximum absolute atomic E-state index is 11.9. The highest BCUT2D eigenvalue weighted by Gasteiger charge is 2.18. The monoisotopic (exact) mass is 500 g/mol.